The average molecular weight is 338 g/mol. The van der Waals surface area contributed by atoms with Crippen molar-refractivity contribution in [1.29, 1.82) is 0 Å². The highest BCUT2D eigenvalue weighted by Crippen LogP contribution is 2.20. The molecule has 3 rings (SSSR count). The lowest BCUT2D eigenvalue weighted by Crippen LogP contribution is -2.41. The summed E-state index contributed by atoms with van der Waals surface area (Å²) in [5.41, 5.74) is 8.01. The molecule has 3 aromatic rings. The maximum Gasteiger partial charge on any atom is 0.291 e. The summed E-state index contributed by atoms with van der Waals surface area (Å²) in [4.78, 5) is 24.3. The molecule has 2 N–H and O–H groups in total. The van der Waals surface area contributed by atoms with Crippen LogP contribution in [0.2, 0.25) is 0 Å². The van der Waals surface area contributed by atoms with Crippen molar-refractivity contribution in [3.63, 3.8) is 0 Å². The van der Waals surface area contributed by atoms with E-state index in [0.29, 0.717) is 11.3 Å². The molecule has 0 spiro atoms. The van der Waals surface area contributed by atoms with Gasteiger partial charge in [-0.3, -0.25) is 20.4 Å². The molecule has 2 aromatic heterocycles. The molecule has 1 aromatic carbocycles. The minimum Gasteiger partial charge on any atom is -0.361 e. The Hall–Kier alpha value is -3.35. The van der Waals surface area contributed by atoms with Crippen LogP contribution in [0.4, 0.5) is 0 Å². The van der Waals surface area contributed by atoms with Crippen LogP contribution in [-0.4, -0.2) is 21.5 Å². The minimum atomic E-state index is -0.540. The number of nitrogens with one attached hydrogen (secondary N) is 2. The zero-order chi connectivity index (χ0) is 18.0. The van der Waals surface area contributed by atoms with Crippen molar-refractivity contribution in [2.24, 2.45) is 0 Å². The number of hydrogen-bond donors (Lipinski definition) is 2. The molecule has 128 valence electrons. The Morgan fingerprint density at radius 1 is 1.00 bits per heavy atom. The van der Waals surface area contributed by atoms with Crippen LogP contribution < -0.4 is 10.9 Å². The average Bonchev–Trinajstić information content (AvgIpc) is 3.16. The summed E-state index contributed by atoms with van der Waals surface area (Å²) in [6.45, 7) is 5.46. The number of para-hydroxylation sites is 1. The van der Waals surface area contributed by atoms with Gasteiger partial charge in [-0.25, -0.2) is 0 Å². The van der Waals surface area contributed by atoms with E-state index in [-0.39, 0.29) is 5.69 Å². The summed E-state index contributed by atoms with van der Waals surface area (Å²) in [5.74, 6) is -0.422. The van der Waals surface area contributed by atoms with Crippen molar-refractivity contribution < 1.29 is 14.1 Å². The Kier molecular flexibility index (Phi) is 4.38. The summed E-state index contributed by atoms with van der Waals surface area (Å²) in [5, 5.41) is 3.60. The monoisotopic (exact) mass is 338 g/mol. The molecule has 0 bridgehead atoms. The van der Waals surface area contributed by atoms with Gasteiger partial charge in [0.1, 0.15) is 5.76 Å². The maximum atomic E-state index is 12.4. The third kappa shape index (κ3) is 3.30. The SMILES string of the molecule is Cc1cc(C(=O)NNC(=O)c2cc(C)n(-c3ccccc3)c2C)no1. The molecule has 25 heavy (non-hydrogen) atoms. The van der Waals surface area contributed by atoms with Crippen LogP contribution in [0, 0.1) is 20.8 Å². The highest BCUT2D eigenvalue weighted by Gasteiger charge is 2.18. The Labute approximate surface area is 144 Å². The molecule has 0 aliphatic heterocycles. The molecule has 0 saturated heterocycles. The van der Waals surface area contributed by atoms with Gasteiger partial charge in [0, 0.05) is 23.1 Å². The van der Waals surface area contributed by atoms with Crippen LogP contribution in [0.25, 0.3) is 5.69 Å². The van der Waals surface area contributed by atoms with Gasteiger partial charge in [0.15, 0.2) is 5.69 Å². The lowest BCUT2D eigenvalue weighted by atomic mass is 10.2. The highest BCUT2D eigenvalue weighted by molar-refractivity contribution is 5.99. The summed E-state index contributed by atoms with van der Waals surface area (Å²) >= 11 is 0. The topological polar surface area (TPSA) is 89.2 Å². The van der Waals surface area contributed by atoms with E-state index in [4.69, 9.17) is 4.52 Å². The lowest BCUT2D eigenvalue weighted by Gasteiger charge is -2.10. The summed E-state index contributed by atoms with van der Waals surface area (Å²) in [6, 6.07) is 13.0. The Balaban J connectivity index is 1.76. The first-order valence-electron chi connectivity index (χ1n) is 7.75. The summed E-state index contributed by atoms with van der Waals surface area (Å²) in [6.07, 6.45) is 0. The van der Waals surface area contributed by atoms with Crippen molar-refractivity contribution >= 4 is 11.8 Å². The van der Waals surface area contributed by atoms with E-state index in [2.05, 4.69) is 16.0 Å². The molecular formula is C18H18N4O3. The first-order chi connectivity index (χ1) is 12.0. The van der Waals surface area contributed by atoms with E-state index in [1.165, 1.54) is 6.07 Å². The number of benzene rings is 1. The van der Waals surface area contributed by atoms with Gasteiger partial charge in [0.2, 0.25) is 0 Å². The van der Waals surface area contributed by atoms with Crippen LogP contribution in [0.3, 0.4) is 0 Å². The second kappa shape index (κ2) is 6.64. The predicted octanol–water partition coefficient (Wildman–Crippen LogP) is 2.47. The predicted molar refractivity (Wildman–Crippen MR) is 91.4 cm³/mol. The van der Waals surface area contributed by atoms with Gasteiger partial charge in [-0.1, -0.05) is 23.4 Å². The van der Waals surface area contributed by atoms with E-state index < -0.39 is 11.8 Å². The fraction of sp³-hybridized carbons (Fsp3) is 0.167. The van der Waals surface area contributed by atoms with Crippen LogP contribution >= 0.6 is 0 Å². The quantitative estimate of drug-likeness (QED) is 0.718. The van der Waals surface area contributed by atoms with Crippen LogP contribution in [0.1, 0.15) is 38.0 Å². The second-order valence-electron chi connectivity index (χ2n) is 5.69. The zero-order valence-corrected chi connectivity index (χ0v) is 14.2. The van der Waals surface area contributed by atoms with Crippen molar-refractivity contribution in [1.82, 2.24) is 20.6 Å². The Morgan fingerprint density at radius 2 is 1.68 bits per heavy atom. The molecule has 0 aliphatic rings. The first kappa shape index (κ1) is 16.5. The van der Waals surface area contributed by atoms with Gasteiger partial charge in [0.05, 0.1) is 5.56 Å². The van der Waals surface area contributed by atoms with Crippen molar-refractivity contribution in [2.75, 3.05) is 0 Å². The van der Waals surface area contributed by atoms with Gasteiger partial charge in [0.25, 0.3) is 11.8 Å². The molecule has 0 saturated carbocycles. The number of carbonyl (C=O) groups is 2. The van der Waals surface area contributed by atoms with E-state index in [1.807, 2.05) is 48.7 Å². The zero-order valence-electron chi connectivity index (χ0n) is 14.2. The van der Waals surface area contributed by atoms with Crippen molar-refractivity contribution in [2.45, 2.75) is 20.8 Å². The van der Waals surface area contributed by atoms with Gasteiger partial charge < -0.3 is 9.09 Å². The van der Waals surface area contributed by atoms with Gasteiger partial charge in [-0.2, -0.15) is 0 Å². The van der Waals surface area contributed by atoms with E-state index in [0.717, 1.165) is 17.1 Å². The molecule has 7 heteroatoms. The standard InChI is InChI=1S/C18H18N4O3/c1-11-9-15(13(3)22(11)14-7-5-4-6-8-14)17(23)19-20-18(24)16-10-12(2)25-21-16/h4-10H,1-3H3,(H,19,23)(H,20,24). The third-order valence-electron chi connectivity index (χ3n) is 3.84. The van der Waals surface area contributed by atoms with Crippen molar-refractivity contribution in [3.05, 3.63) is 70.9 Å². The largest absolute Gasteiger partial charge is 0.361 e. The Bertz CT molecular complexity index is 925. The minimum absolute atomic E-state index is 0.104. The van der Waals surface area contributed by atoms with Crippen molar-refractivity contribution in [3.8, 4) is 5.69 Å². The number of aromatic nitrogens is 2. The summed E-state index contributed by atoms with van der Waals surface area (Å²) < 4.78 is 6.82. The third-order valence-corrected chi connectivity index (χ3v) is 3.84. The molecule has 2 heterocycles. The lowest BCUT2D eigenvalue weighted by molar-refractivity contribution is 0.0841. The van der Waals surface area contributed by atoms with E-state index >= 15 is 0 Å². The number of carbonyl (C=O) groups excluding carboxylic acids is 2. The van der Waals surface area contributed by atoms with E-state index in [1.54, 1.807) is 13.0 Å². The van der Waals surface area contributed by atoms with E-state index in [9.17, 15) is 9.59 Å². The molecule has 0 aliphatic carbocycles. The fourth-order valence-corrected chi connectivity index (χ4v) is 2.69. The highest BCUT2D eigenvalue weighted by atomic mass is 16.5. The number of amides is 2. The van der Waals surface area contributed by atoms with Crippen LogP contribution in [0.5, 0.6) is 0 Å². The molecule has 0 fully saturated rings. The van der Waals surface area contributed by atoms with Crippen LogP contribution in [-0.2, 0) is 0 Å². The Morgan fingerprint density at radius 3 is 2.32 bits per heavy atom. The number of rotatable bonds is 3. The molecule has 0 atom stereocenters. The number of hydrogen-bond acceptors (Lipinski definition) is 4. The van der Waals surface area contributed by atoms with Gasteiger partial charge in [-0.15, -0.1) is 0 Å². The molecule has 7 nitrogen and oxygen atoms in total. The molecular weight excluding hydrogens is 320 g/mol. The second-order valence-corrected chi connectivity index (χ2v) is 5.69. The normalized spacial score (nSPS) is 10.5. The smallest absolute Gasteiger partial charge is 0.291 e. The number of hydrazine groups is 1. The van der Waals surface area contributed by atoms with Gasteiger partial charge >= 0.3 is 0 Å². The number of aryl methyl sites for hydroxylation is 2. The number of nitrogens with zero attached hydrogens (tertiary/aromatic N) is 2. The van der Waals surface area contributed by atoms with Crippen LogP contribution in [0.15, 0.2) is 47.0 Å². The first-order valence-corrected chi connectivity index (χ1v) is 7.75. The maximum absolute atomic E-state index is 12.4. The molecule has 0 unspecified atom stereocenters. The molecule has 0 radical (unpaired) electrons. The van der Waals surface area contributed by atoms with Gasteiger partial charge in [-0.05, 0) is 39.0 Å². The fourth-order valence-electron chi connectivity index (χ4n) is 2.69. The summed E-state index contributed by atoms with van der Waals surface area (Å²) in [7, 11) is 0. The molecule has 2 amide bonds.